The first-order valence-corrected chi connectivity index (χ1v) is 12.1. The summed E-state index contributed by atoms with van der Waals surface area (Å²) in [6.07, 6.45) is 2.51. The number of nitrogens with one attached hydrogen (secondary N) is 1. The predicted octanol–water partition coefficient (Wildman–Crippen LogP) is 7.04. The molecule has 0 aliphatic heterocycles. The molecule has 6 nitrogen and oxygen atoms in total. The molecule has 7 heteroatoms. The zero-order chi connectivity index (χ0) is 23.7. The topological polar surface area (TPSA) is 73.6 Å². The Labute approximate surface area is 206 Å². The molecule has 1 aliphatic rings. The van der Waals surface area contributed by atoms with Crippen molar-refractivity contribution in [3.8, 4) is 28.7 Å². The molecule has 1 N–H and O–H groups in total. The van der Waals surface area contributed by atoms with Crippen LogP contribution in [0.5, 0.6) is 17.2 Å². The zero-order valence-electron chi connectivity index (χ0n) is 19.0. The predicted molar refractivity (Wildman–Crippen MR) is 134 cm³/mol. The second-order valence-electron chi connectivity index (χ2n) is 8.64. The number of carbonyl (C=O) groups is 1. The third-order valence-electron chi connectivity index (χ3n) is 5.73. The minimum absolute atomic E-state index is 0.0736. The minimum Gasteiger partial charge on any atom is -0.493 e. The van der Waals surface area contributed by atoms with Crippen molar-refractivity contribution in [2.75, 3.05) is 6.61 Å². The number of benzene rings is 3. The number of nitrogens with zero attached hydrogens (tertiary/aromatic N) is 1. The van der Waals surface area contributed by atoms with Crippen LogP contribution in [0.25, 0.3) is 22.6 Å². The Morgan fingerprint density at radius 3 is 2.74 bits per heavy atom. The highest BCUT2D eigenvalue weighted by Crippen LogP contribution is 2.36. The fraction of sp³-hybridized carbons (Fsp3) is 0.259. The molecule has 1 amide bonds. The molecule has 1 aliphatic carbocycles. The molecule has 34 heavy (non-hydrogen) atoms. The van der Waals surface area contributed by atoms with Crippen molar-refractivity contribution in [1.29, 1.82) is 0 Å². The standard InChI is InChI=1S/C27H25BrN2O4/c1-16(29-17(2)31)19-8-10-24-26(13-19)34-27(30-24)20-9-11-25(23(28)12-20)33-22-5-3-4-21(14-22)32-15-18-6-7-18/h3-5,8-14,16,18H,6-7,15H2,1-2H3,(H,29,31). The molecule has 0 spiro atoms. The number of ether oxygens (including phenoxy) is 2. The number of halogens is 1. The smallest absolute Gasteiger partial charge is 0.227 e. The lowest BCUT2D eigenvalue weighted by Gasteiger charge is -2.12. The Morgan fingerprint density at radius 2 is 1.97 bits per heavy atom. The largest absolute Gasteiger partial charge is 0.493 e. The van der Waals surface area contributed by atoms with Crippen molar-refractivity contribution in [1.82, 2.24) is 10.3 Å². The van der Waals surface area contributed by atoms with E-state index in [4.69, 9.17) is 13.9 Å². The van der Waals surface area contributed by atoms with Gasteiger partial charge in [0.15, 0.2) is 5.58 Å². The van der Waals surface area contributed by atoms with E-state index in [1.165, 1.54) is 19.8 Å². The number of fused-ring (bicyclic) bond motifs is 1. The van der Waals surface area contributed by atoms with Crippen molar-refractivity contribution in [2.45, 2.75) is 32.7 Å². The fourth-order valence-corrected chi connectivity index (χ4v) is 4.15. The Bertz CT molecular complexity index is 1350. The van der Waals surface area contributed by atoms with Gasteiger partial charge in [-0.1, -0.05) is 12.1 Å². The Hall–Kier alpha value is -3.32. The highest BCUT2D eigenvalue weighted by Gasteiger charge is 2.22. The monoisotopic (exact) mass is 520 g/mol. The van der Waals surface area contributed by atoms with E-state index in [9.17, 15) is 4.79 Å². The van der Waals surface area contributed by atoms with Crippen LogP contribution in [0.3, 0.4) is 0 Å². The Balaban J connectivity index is 1.33. The van der Waals surface area contributed by atoms with Gasteiger partial charge in [0.05, 0.1) is 17.1 Å². The molecule has 0 radical (unpaired) electrons. The van der Waals surface area contributed by atoms with Crippen molar-refractivity contribution in [3.05, 3.63) is 70.7 Å². The maximum absolute atomic E-state index is 11.4. The molecule has 5 rings (SSSR count). The molecule has 1 heterocycles. The first-order valence-electron chi connectivity index (χ1n) is 11.3. The number of hydrogen-bond donors (Lipinski definition) is 1. The average Bonchev–Trinajstić information content (AvgIpc) is 3.55. The van der Waals surface area contributed by atoms with E-state index in [1.54, 1.807) is 0 Å². The lowest BCUT2D eigenvalue weighted by Crippen LogP contribution is -2.23. The van der Waals surface area contributed by atoms with Gasteiger partial charge in [-0.15, -0.1) is 0 Å². The maximum atomic E-state index is 11.4. The van der Waals surface area contributed by atoms with Crippen LogP contribution in [0, 0.1) is 5.92 Å². The van der Waals surface area contributed by atoms with Crippen LogP contribution in [0.2, 0.25) is 0 Å². The van der Waals surface area contributed by atoms with Crippen LogP contribution in [0.1, 0.15) is 38.3 Å². The molecule has 174 valence electrons. The summed E-state index contributed by atoms with van der Waals surface area (Å²) in [5, 5.41) is 2.88. The fourth-order valence-electron chi connectivity index (χ4n) is 3.69. The van der Waals surface area contributed by atoms with Crippen molar-refractivity contribution in [2.24, 2.45) is 5.92 Å². The Morgan fingerprint density at radius 1 is 1.15 bits per heavy atom. The number of aromatic nitrogens is 1. The van der Waals surface area contributed by atoms with Gasteiger partial charge >= 0.3 is 0 Å². The van der Waals surface area contributed by atoms with Gasteiger partial charge in [-0.25, -0.2) is 4.98 Å². The van der Waals surface area contributed by atoms with E-state index in [-0.39, 0.29) is 11.9 Å². The van der Waals surface area contributed by atoms with Crippen LogP contribution < -0.4 is 14.8 Å². The van der Waals surface area contributed by atoms with Crippen LogP contribution in [-0.2, 0) is 4.79 Å². The molecule has 1 saturated carbocycles. The summed E-state index contributed by atoms with van der Waals surface area (Å²) in [6, 6.07) is 19.1. The first kappa shape index (κ1) is 22.5. The summed E-state index contributed by atoms with van der Waals surface area (Å²) in [6.45, 7) is 4.21. The quantitative estimate of drug-likeness (QED) is 0.269. The number of hydrogen-bond acceptors (Lipinski definition) is 5. The maximum Gasteiger partial charge on any atom is 0.227 e. The number of oxazole rings is 1. The van der Waals surface area contributed by atoms with Crippen LogP contribution in [0.4, 0.5) is 0 Å². The van der Waals surface area contributed by atoms with Gasteiger partial charge < -0.3 is 19.2 Å². The first-order chi connectivity index (χ1) is 16.4. The van der Waals surface area contributed by atoms with Crippen molar-refractivity contribution in [3.63, 3.8) is 0 Å². The number of amides is 1. The summed E-state index contributed by atoms with van der Waals surface area (Å²) < 4.78 is 18.8. The second kappa shape index (κ2) is 9.50. The van der Waals surface area contributed by atoms with Gasteiger partial charge in [0.2, 0.25) is 11.8 Å². The summed E-state index contributed by atoms with van der Waals surface area (Å²) >= 11 is 3.61. The zero-order valence-corrected chi connectivity index (χ0v) is 20.6. The molecule has 1 unspecified atom stereocenters. The van der Waals surface area contributed by atoms with E-state index >= 15 is 0 Å². The number of carbonyl (C=O) groups excluding carboxylic acids is 1. The normalized spacial score (nSPS) is 14.1. The van der Waals surface area contributed by atoms with E-state index in [0.717, 1.165) is 33.5 Å². The van der Waals surface area contributed by atoms with E-state index in [2.05, 4.69) is 26.2 Å². The summed E-state index contributed by atoms with van der Waals surface area (Å²) in [7, 11) is 0. The van der Waals surface area contributed by atoms with Gasteiger partial charge in [0.1, 0.15) is 22.8 Å². The lowest BCUT2D eigenvalue weighted by atomic mass is 10.1. The van der Waals surface area contributed by atoms with Crippen molar-refractivity contribution < 1.29 is 18.7 Å². The SMILES string of the molecule is CC(=O)NC(C)c1ccc2nc(-c3ccc(Oc4cccc(OCC5CC5)c4)c(Br)c3)oc2c1. The van der Waals surface area contributed by atoms with Gasteiger partial charge in [0, 0.05) is 18.6 Å². The third-order valence-corrected chi connectivity index (χ3v) is 6.35. The third kappa shape index (κ3) is 5.25. The lowest BCUT2D eigenvalue weighted by molar-refractivity contribution is -0.119. The molecular formula is C27H25BrN2O4. The minimum atomic E-state index is -0.112. The van der Waals surface area contributed by atoms with Gasteiger partial charge in [-0.05, 0) is 89.6 Å². The van der Waals surface area contributed by atoms with Crippen LogP contribution >= 0.6 is 15.9 Å². The van der Waals surface area contributed by atoms with Gasteiger partial charge in [-0.3, -0.25) is 4.79 Å². The van der Waals surface area contributed by atoms with Gasteiger partial charge in [-0.2, -0.15) is 0 Å². The van der Waals surface area contributed by atoms with E-state index in [1.807, 2.05) is 67.6 Å². The van der Waals surface area contributed by atoms with Crippen LogP contribution in [-0.4, -0.2) is 17.5 Å². The molecular weight excluding hydrogens is 496 g/mol. The molecule has 1 aromatic heterocycles. The summed E-state index contributed by atoms with van der Waals surface area (Å²) in [5.74, 6) is 3.36. The second-order valence-corrected chi connectivity index (χ2v) is 9.50. The van der Waals surface area contributed by atoms with E-state index in [0.29, 0.717) is 28.9 Å². The highest BCUT2D eigenvalue weighted by molar-refractivity contribution is 9.10. The molecule has 1 fully saturated rings. The molecule has 1 atom stereocenters. The molecule has 0 saturated heterocycles. The summed E-state index contributed by atoms with van der Waals surface area (Å²) in [5.41, 5.74) is 3.21. The summed E-state index contributed by atoms with van der Waals surface area (Å²) in [4.78, 5) is 16.0. The molecule has 4 aromatic rings. The molecule has 0 bridgehead atoms. The average molecular weight is 521 g/mol. The molecule has 3 aromatic carbocycles. The van der Waals surface area contributed by atoms with Crippen molar-refractivity contribution >= 4 is 32.9 Å². The number of rotatable bonds is 8. The highest BCUT2D eigenvalue weighted by atomic mass is 79.9. The van der Waals surface area contributed by atoms with E-state index < -0.39 is 0 Å². The van der Waals surface area contributed by atoms with Crippen LogP contribution in [0.15, 0.2) is 69.6 Å². The Kier molecular flexibility index (Phi) is 6.28. The van der Waals surface area contributed by atoms with Gasteiger partial charge in [0.25, 0.3) is 0 Å².